The molecule has 0 amide bonds. The first kappa shape index (κ1) is 16.6. The Labute approximate surface area is 120 Å². The smallest absolute Gasteiger partial charge is 0.244 e. The molecule has 0 aromatic carbocycles. The molecule has 1 rings (SSSR count). The molecule has 0 unspecified atom stereocenters. The molecule has 0 bridgehead atoms. The number of nitrogens with zero attached hydrogens (tertiary/aromatic N) is 1. The first-order chi connectivity index (χ1) is 8.95. The van der Waals surface area contributed by atoms with Crippen molar-refractivity contribution < 1.29 is 8.42 Å². The molecular formula is C13H24N2O2S2. The van der Waals surface area contributed by atoms with Crippen LogP contribution in [0.4, 0.5) is 0 Å². The van der Waals surface area contributed by atoms with Gasteiger partial charge in [-0.25, -0.2) is 12.7 Å². The lowest BCUT2D eigenvalue weighted by Gasteiger charge is -2.18. The predicted molar refractivity (Wildman–Crippen MR) is 81.2 cm³/mol. The monoisotopic (exact) mass is 304 g/mol. The van der Waals surface area contributed by atoms with Crippen molar-refractivity contribution in [2.75, 3.05) is 20.6 Å². The lowest BCUT2D eigenvalue weighted by atomic mass is 10.2. The van der Waals surface area contributed by atoms with Crippen LogP contribution < -0.4 is 5.32 Å². The summed E-state index contributed by atoms with van der Waals surface area (Å²) in [5.74, 6) is 0. The van der Waals surface area contributed by atoms with Crippen molar-refractivity contribution in [2.45, 2.75) is 44.6 Å². The van der Waals surface area contributed by atoms with E-state index in [9.17, 15) is 8.42 Å². The van der Waals surface area contributed by atoms with Crippen LogP contribution in [0.2, 0.25) is 0 Å². The number of thiophene rings is 1. The van der Waals surface area contributed by atoms with Crippen LogP contribution in [-0.2, 0) is 16.6 Å². The molecule has 1 N–H and O–H groups in total. The molecule has 1 aromatic heterocycles. The molecule has 0 aliphatic rings. The molecule has 19 heavy (non-hydrogen) atoms. The summed E-state index contributed by atoms with van der Waals surface area (Å²) < 4.78 is 26.7. The molecular weight excluding hydrogens is 280 g/mol. The van der Waals surface area contributed by atoms with Crippen LogP contribution >= 0.6 is 11.3 Å². The van der Waals surface area contributed by atoms with E-state index in [1.807, 2.05) is 19.4 Å². The van der Waals surface area contributed by atoms with E-state index in [0.717, 1.165) is 29.7 Å². The molecule has 0 saturated heterocycles. The van der Waals surface area contributed by atoms with E-state index < -0.39 is 10.0 Å². The Morgan fingerprint density at radius 1 is 1.37 bits per heavy atom. The highest BCUT2D eigenvalue weighted by Gasteiger charge is 2.26. The fourth-order valence-corrected chi connectivity index (χ4v) is 4.95. The summed E-state index contributed by atoms with van der Waals surface area (Å²) in [5.41, 5.74) is 0.845. The lowest BCUT2D eigenvalue weighted by Crippen LogP contribution is -2.29. The summed E-state index contributed by atoms with van der Waals surface area (Å²) in [5, 5.41) is 4.94. The number of rotatable bonds is 8. The first-order valence-electron chi connectivity index (χ1n) is 6.63. The molecule has 0 spiro atoms. The Kier molecular flexibility index (Phi) is 6.46. The van der Waals surface area contributed by atoms with Crippen LogP contribution in [0.5, 0.6) is 0 Å². The molecule has 0 radical (unpaired) electrons. The summed E-state index contributed by atoms with van der Waals surface area (Å²) in [6.07, 6.45) is 3.07. The fraction of sp³-hybridized carbons (Fsp3) is 0.692. The van der Waals surface area contributed by atoms with Crippen LogP contribution in [0.15, 0.2) is 10.3 Å². The van der Waals surface area contributed by atoms with Gasteiger partial charge >= 0.3 is 0 Å². The van der Waals surface area contributed by atoms with Gasteiger partial charge < -0.3 is 5.32 Å². The number of aryl methyl sites for hydroxylation is 1. The number of unbranched alkanes of at least 4 members (excludes halogenated alkanes) is 2. The van der Waals surface area contributed by atoms with E-state index in [4.69, 9.17) is 0 Å². The highest BCUT2D eigenvalue weighted by atomic mass is 32.2. The summed E-state index contributed by atoms with van der Waals surface area (Å²) >= 11 is 1.51. The SMILES string of the molecule is CCCCCN(C)S(=O)(=O)c1c(C)csc1CNC. The van der Waals surface area contributed by atoms with Gasteiger partial charge in [0.2, 0.25) is 10.0 Å². The third-order valence-corrected chi connectivity index (χ3v) is 6.39. The van der Waals surface area contributed by atoms with Gasteiger partial charge in [0.15, 0.2) is 0 Å². The van der Waals surface area contributed by atoms with Crippen molar-refractivity contribution in [3.05, 3.63) is 15.8 Å². The average molecular weight is 304 g/mol. The van der Waals surface area contributed by atoms with E-state index in [0.29, 0.717) is 18.0 Å². The zero-order chi connectivity index (χ0) is 14.5. The summed E-state index contributed by atoms with van der Waals surface area (Å²) in [6.45, 7) is 5.16. The van der Waals surface area contributed by atoms with Crippen molar-refractivity contribution in [1.29, 1.82) is 0 Å². The lowest BCUT2D eigenvalue weighted by molar-refractivity contribution is 0.453. The van der Waals surface area contributed by atoms with Crippen LogP contribution in [0.1, 0.15) is 36.6 Å². The van der Waals surface area contributed by atoms with Gasteiger partial charge in [0, 0.05) is 25.0 Å². The maximum atomic E-state index is 12.6. The molecule has 0 atom stereocenters. The van der Waals surface area contributed by atoms with Gasteiger partial charge in [-0.2, -0.15) is 0 Å². The van der Waals surface area contributed by atoms with Crippen molar-refractivity contribution in [1.82, 2.24) is 9.62 Å². The number of nitrogens with one attached hydrogen (secondary N) is 1. The van der Waals surface area contributed by atoms with Gasteiger partial charge in [-0.3, -0.25) is 0 Å². The molecule has 0 aliphatic carbocycles. The Hall–Kier alpha value is -0.430. The van der Waals surface area contributed by atoms with Crippen molar-refractivity contribution in [3.63, 3.8) is 0 Å². The highest BCUT2D eigenvalue weighted by molar-refractivity contribution is 7.89. The minimum absolute atomic E-state index is 0.492. The zero-order valence-corrected chi connectivity index (χ0v) is 13.8. The van der Waals surface area contributed by atoms with Crippen molar-refractivity contribution in [2.24, 2.45) is 0 Å². The van der Waals surface area contributed by atoms with Gasteiger partial charge in [0.1, 0.15) is 4.90 Å². The second-order valence-corrected chi connectivity index (χ2v) is 7.68. The molecule has 0 aliphatic heterocycles. The fourth-order valence-electron chi connectivity index (χ4n) is 1.98. The molecule has 110 valence electrons. The maximum Gasteiger partial charge on any atom is 0.244 e. The second kappa shape index (κ2) is 7.38. The van der Waals surface area contributed by atoms with Gasteiger partial charge in [0.05, 0.1) is 0 Å². The summed E-state index contributed by atoms with van der Waals surface area (Å²) in [6, 6.07) is 0. The number of hydrogen-bond acceptors (Lipinski definition) is 4. The zero-order valence-electron chi connectivity index (χ0n) is 12.2. The normalized spacial score (nSPS) is 12.3. The first-order valence-corrected chi connectivity index (χ1v) is 8.95. The van der Waals surface area contributed by atoms with Crippen LogP contribution in [0, 0.1) is 6.92 Å². The van der Waals surface area contributed by atoms with Gasteiger partial charge in [-0.05, 0) is 31.3 Å². The number of sulfonamides is 1. The van der Waals surface area contributed by atoms with E-state index in [2.05, 4.69) is 12.2 Å². The average Bonchev–Trinajstić information content (AvgIpc) is 2.71. The van der Waals surface area contributed by atoms with Gasteiger partial charge in [-0.1, -0.05) is 19.8 Å². The largest absolute Gasteiger partial charge is 0.315 e. The topological polar surface area (TPSA) is 49.4 Å². The van der Waals surface area contributed by atoms with E-state index >= 15 is 0 Å². The second-order valence-electron chi connectivity index (χ2n) is 4.74. The quantitative estimate of drug-likeness (QED) is 0.751. The third kappa shape index (κ3) is 4.02. The Balaban J connectivity index is 2.96. The number of hydrogen-bond donors (Lipinski definition) is 1. The Bertz CT molecular complexity index is 495. The minimum atomic E-state index is -3.36. The van der Waals surface area contributed by atoms with Crippen LogP contribution in [0.25, 0.3) is 0 Å². The summed E-state index contributed by atoms with van der Waals surface area (Å²) in [7, 11) is 0.146. The van der Waals surface area contributed by atoms with E-state index in [1.165, 1.54) is 15.6 Å². The third-order valence-electron chi connectivity index (χ3n) is 3.07. The maximum absolute atomic E-state index is 12.6. The van der Waals surface area contributed by atoms with E-state index in [-0.39, 0.29) is 0 Å². The molecule has 0 fully saturated rings. The Morgan fingerprint density at radius 2 is 2.05 bits per heavy atom. The molecule has 1 aromatic rings. The van der Waals surface area contributed by atoms with E-state index in [1.54, 1.807) is 7.05 Å². The molecule has 6 heteroatoms. The van der Waals surface area contributed by atoms with Crippen molar-refractivity contribution in [3.8, 4) is 0 Å². The standard InChI is InChI=1S/C13H24N2O2S2/c1-5-6-7-8-15(4)19(16,17)13-11(2)10-18-12(13)9-14-3/h10,14H,5-9H2,1-4H3. The van der Waals surface area contributed by atoms with Gasteiger partial charge in [-0.15, -0.1) is 11.3 Å². The Morgan fingerprint density at radius 3 is 2.63 bits per heavy atom. The molecule has 4 nitrogen and oxygen atoms in total. The minimum Gasteiger partial charge on any atom is -0.315 e. The van der Waals surface area contributed by atoms with Gasteiger partial charge in [0.25, 0.3) is 0 Å². The highest BCUT2D eigenvalue weighted by Crippen LogP contribution is 2.29. The predicted octanol–water partition coefficient (Wildman–Crippen LogP) is 2.59. The van der Waals surface area contributed by atoms with Crippen LogP contribution in [0.3, 0.4) is 0 Å². The van der Waals surface area contributed by atoms with Crippen LogP contribution in [-0.4, -0.2) is 33.4 Å². The molecule has 0 saturated carbocycles. The van der Waals surface area contributed by atoms with Crippen molar-refractivity contribution >= 4 is 21.4 Å². The summed E-state index contributed by atoms with van der Waals surface area (Å²) in [4.78, 5) is 1.38. The molecule has 1 heterocycles.